The van der Waals surface area contributed by atoms with Crippen LogP contribution in [0.25, 0.3) is 0 Å². The lowest BCUT2D eigenvalue weighted by Gasteiger charge is -2.39. The average Bonchev–Trinajstić information content (AvgIpc) is 2.94. The van der Waals surface area contributed by atoms with E-state index in [0.29, 0.717) is 5.92 Å². The Labute approximate surface area is 214 Å². The van der Waals surface area contributed by atoms with Gasteiger partial charge in [-0.05, 0) is 48.1 Å². The minimum absolute atomic E-state index is 0.0918. The molecule has 0 radical (unpaired) electrons. The van der Waals surface area contributed by atoms with Crippen molar-refractivity contribution in [2.45, 2.75) is 19.3 Å². The summed E-state index contributed by atoms with van der Waals surface area (Å²) in [5.74, 6) is 2.48. The molecule has 2 fully saturated rings. The molecule has 0 aliphatic carbocycles. The first-order valence-corrected chi connectivity index (χ1v) is 13.2. The predicted molar refractivity (Wildman–Crippen MR) is 143 cm³/mol. The molecule has 2 aliphatic heterocycles. The number of carbonyl (C=O) groups is 1. The first-order chi connectivity index (χ1) is 17.7. The van der Waals surface area contributed by atoms with Gasteiger partial charge in [-0.25, -0.2) is 4.98 Å². The topological polar surface area (TPSA) is 48.9 Å². The molecule has 1 amide bonds. The summed E-state index contributed by atoms with van der Waals surface area (Å²) in [7, 11) is 0. The number of hydrogen-bond acceptors (Lipinski definition) is 5. The molecule has 0 saturated carbocycles. The molecule has 2 aliphatic rings. The van der Waals surface area contributed by atoms with E-state index in [1.54, 1.807) is 0 Å². The maximum atomic E-state index is 13.1. The van der Waals surface area contributed by atoms with E-state index in [1.807, 2.05) is 47.5 Å². The lowest BCUT2D eigenvalue weighted by Crippen LogP contribution is -2.50. The Kier molecular flexibility index (Phi) is 8.13. The van der Waals surface area contributed by atoms with Crippen LogP contribution in [0.2, 0.25) is 0 Å². The second-order valence-electron chi connectivity index (χ2n) is 9.88. The van der Waals surface area contributed by atoms with Crippen LogP contribution >= 0.6 is 0 Å². The standard InChI is InChI=1S/C30H36N4O2/c35-30(24-36-28-13-5-4-12-27(28)21-25-9-2-1-3-10-25)34-16-8-11-26(23-34)22-32-17-19-33(20-18-32)29-14-6-7-15-31-29/h1-7,9-10,12-15,26H,8,11,16-24H2. The number of para-hydroxylation sites is 1. The number of piperidine rings is 1. The van der Waals surface area contributed by atoms with Crippen LogP contribution in [0.15, 0.2) is 79.0 Å². The lowest BCUT2D eigenvalue weighted by molar-refractivity contribution is -0.135. The third-order valence-electron chi connectivity index (χ3n) is 7.29. The van der Waals surface area contributed by atoms with E-state index in [2.05, 4.69) is 51.2 Å². The van der Waals surface area contributed by atoms with Gasteiger partial charge in [-0.2, -0.15) is 0 Å². The van der Waals surface area contributed by atoms with Crippen molar-refractivity contribution in [2.24, 2.45) is 5.92 Å². The molecule has 2 aromatic carbocycles. The predicted octanol–water partition coefficient (Wildman–Crippen LogP) is 4.11. The van der Waals surface area contributed by atoms with Crippen molar-refractivity contribution < 1.29 is 9.53 Å². The van der Waals surface area contributed by atoms with Gasteiger partial charge < -0.3 is 14.5 Å². The van der Waals surface area contributed by atoms with Gasteiger partial charge in [0.2, 0.25) is 0 Å². The van der Waals surface area contributed by atoms with Crippen LogP contribution in [0.4, 0.5) is 5.82 Å². The Morgan fingerprint density at radius 1 is 0.889 bits per heavy atom. The number of nitrogens with zero attached hydrogens (tertiary/aromatic N) is 4. The van der Waals surface area contributed by atoms with Crippen molar-refractivity contribution >= 4 is 11.7 Å². The van der Waals surface area contributed by atoms with Crippen LogP contribution in [0.1, 0.15) is 24.0 Å². The van der Waals surface area contributed by atoms with E-state index in [1.165, 1.54) is 12.0 Å². The number of benzene rings is 2. The monoisotopic (exact) mass is 484 g/mol. The van der Waals surface area contributed by atoms with Crippen molar-refractivity contribution in [1.29, 1.82) is 0 Å². The van der Waals surface area contributed by atoms with Crippen molar-refractivity contribution in [3.8, 4) is 5.75 Å². The molecule has 0 N–H and O–H groups in total. The molecule has 36 heavy (non-hydrogen) atoms. The lowest BCUT2D eigenvalue weighted by atomic mass is 9.97. The molecule has 6 heteroatoms. The van der Waals surface area contributed by atoms with Crippen LogP contribution in [0, 0.1) is 5.92 Å². The van der Waals surface area contributed by atoms with Crippen LogP contribution in [-0.2, 0) is 11.2 Å². The van der Waals surface area contributed by atoms with Crippen LogP contribution in [0.3, 0.4) is 0 Å². The second-order valence-corrected chi connectivity index (χ2v) is 9.88. The summed E-state index contributed by atoms with van der Waals surface area (Å²) >= 11 is 0. The largest absolute Gasteiger partial charge is 0.483 e. The fraction of sp³-hybridized carbons (Fsp3) is 0.400. The maximum absolute atomic E-state index is 13.1. The zero-order valence-electron chi connectivity index (χ0n) is 21.0. The fourth-order valence-corrected chi connectivity index (χ4v) is 5.34. The number of rotatable bonds is 8. The number of pyridine rings is 1. The molecular formula is C30H36N4O2. The van der Waals surface area contributed by atoms with Gasteiger partial charge in [-0.15, -0.1) is 0 Å². The summed E-state index contributed by atoms with van der Waals surface area (Å²) in [6.07, 6.45) is 4.91. The van der Waals surface area contributed by atoms with E-state index in [4.69, 9.17) is 4.74 Å². The van der Waals surface area contributed by atoms with Crippen molar-refractivity contribution in [2.75, 3.05) is 57.3 Å². The molecule has 188 valence electrons. The fourth-order valence-electron chi connectivity index (χ4n) is 5.34. The highest BCUT2D eigenvalue weighted by molar-refractivity contribution is 5.78. The Bertz CT molecular complexity index is 1100. The summed E-state index contributed by atoms with van der Waals surface area (Å²) < 4.78 is 6.05. The number of piperazine rings is 1. The summed E-state index contributed by atoms with van der Waals surface area (Å²) in [5.41, 5.74) is 2.34. The maximum Gasteiger partial charge on any atom is 0.260 e. The number of amides is 1. The highest BCUT2D eigenvalue weighted by atomic mass is 16.5. The molecule has 5 rings (SSSR count). The van der Waals surface area contributed by atoms with Gasteiger partial charge in [0.1, 0.15) is 11.6 Å². The number of aromatic nitrogens is 1. The van der Waals surface area contributed by atoms with Crippen molar-refractivity contribution in [3.05, 3.63) is 90.1 Å². The van der Waals surface area contributed by atoms with E-state index >= 15 is 0 Å². The SMILES string of the molecule is O=C(COc1ccccc1Cc1ccccc1)N1CCCC(CN2CCN(c3ccccn3)CC2)C1. The smallest absolute Gasteiger partial charge is 0.260 e. The highest BCUT2D eigenvalue weighted by Gasteiger charge is 2.27. The average molecular weight is 485 g/mol. The van der Waals surface area contributed by atoms with Crippen molar-refractivity contribution in [3.63, 3.8) is 0 Å². The van der Waals surface area contributed by atoms with E-state index in [9.17, 15) is 4.79 Å². The summed E-state index contributed by atoms with van der Waals surface area (Å²) in [6, 6.07) is 24.5. The minimum Gasteiger partial charge on any atom is -0.483 e. The van der Waals surface area contributed by atoms with E-state index in [-0.39, 0.29) is 12.5 Å². The van der Waals surface area contributed by atoms with Gasteiger partial charge in [0.15, 0.2) is 6.61 Å². The Morgan fingerprint density at radius 3 is 2.47 bits per heavy atom. The van der Waals surface area contributed by atoms with Crippen LogP contribution < -0.4 is 9.64 Å². The first kappa shape index (κ1) is 24.3. The Morgan fingerprint density at radius 2 is 1.67 bits per heavy atom. The summed E-state index contributed by atoms with van der Waals surface area (Å²) in [4.78, 5) is 24.5. The number of hydrogen-bond donors (Lipinski definition) is 0. The van der Waals surface area contributed by atoms with Gasteiger partial charge >= 0.3 is 0 Å². The summed E-state index contributed by atoms with van der Waals surface area (Å²) in [5, 5.41) is 0. The second kappa shape index (κ2) is 12.0. The van der Waals surface area contributed by atoms with Gasteiger partial charge in [-0.3, -0.25) is 9.69 Å². The molecule has 3 heterocycles. The molecule has 3 aromatic rings. The molecule has 1 aromatic heterocycles. The Balaban J connectivity index is 1.09. The number of ether oxygens (including phenoxy) is 1. The van der Waals surface area contributed by atoms with E-state index < -0.39 is 0 Å². The minimum atomic E-state index is 0.0918. The number of likely N-dealkylation sites (tertiary alicyclic amines) is 1. The van der Waals surface area contributed by atoms with Gasteiger partial charge in [0, 0.05) is 58.4 Å². The molecule has 0 spiro atoms. The normalized spacial score (nSPS) is 18.7. The number of carbonyl (C=O) groups excluding carboxylic acids is 1. The van der Waals surface area contributed by atoms with Gasteiger partial charge in [0.25, 0.3) is 5.91 Å². The number of anilines is 1. The molecular weight excluding hydrogens is 448 g/mol. The van der Waals surface area contributed by atoms with Gasteiger partial charge in [0.05, 0.1) is 0 Å². The Hall–Kier alpha value is -3.38. The quantitative estimate of drug-likeness (QED) is 0.482. The molecule has 1 unspecified atom stereocenters. The first-order valence-electron chi connectivity index (χ1n) is 13.2. The molecule has 6 nitrogen and oxygen atoms in total. The zero-order chi connectivity index (χ0) is 24.6. The van der Waals surface area contributed by atoms with Crippen molar-refractivity contribution in [1.82, 2.24) is 14.8 Å². The van der Waals surface area contributed by atoms with Crippen LogP contribution in [0.5, 0.6) is 5.75 Å². The van der Waals surface area contributed by atoms with Gasteiger partial charge in [-0.1, -0.05) is 54.6 Å². The van der Waals surface area contributed by atoms with Crippen LogP contribution in [-0.4, -0.2) is 73.1 Å². The summed E-state index contributed by atoms with van der Waals surface area (Å²) in [6.45, 7) is 6.91. The zero-order valence-corrected chi connectivity index (χ0v) is 21.0. The van der Waals surface area contributed by atoms with E-state index in [0.717, 1.165) is 75.8 Å². The third kappa shape index (κ3) is 6.43. The third-order valence-corrected chi connectivity index (χ3v) is 7.29. The molecule has 1 atom stereocenters. The molecule has 2 saturated heterocycles. The highest BCUT2D eigenvalue weighted by Crippen LogP contribution is 2.23. The molecule has 0 bridgehead atoms.